The lowest BCUT2D eigenvalue weighted by atomic mass is 9.99. The zero-order valence-corrected chi connectivity index (χ0v) is 15.2. The first-order valence-corrected chi connectivity index (χ1v) is 8.95. The van der Waals surface area contributed by atoms with E-state index in [1.807, 2.05) is 5.38 Å². The number of aromatic nitrogens is 1. The van der Waals surface area contributed by atoms with Gasteiger partial charge in [0.1, 0.15) is 5.01 Å². The van der Waals surface area contributed by atoms with Gasteiger partial charge in [-0.3, -0.25) is 4.79 Å². The van der Waals surface area contributed by atoms with Crippen LogP contribution in [-0.4, -0.2) is 10.8 Å². The van der Waals surface area contributed by atoms with Crippen LogP contribution < -0.4 is 0 Å². The Labute approximate surface area is 157 Å². The summed E-state index contributed by atoms with van der Waals surface area (Å²) in [6, 6.07) is 18.1. The molecule has 3 aromatic rings. The van der Waals surface area contributed by atoms with Crippen molar-refractivity contribution in [2.24, 2.45) is 0 Å². The zero-order chi connectivity index (χ0) is 17.8. The maximum absolute atomic E-state index is 12.6. The molecule has 1 aromatic heterocycles. The molecule has 120 valence electrons. The zero-order valence-electron chi connectivity index (χ0n) is 12.8. The number of benzene rings is 2. The minimum Gasteiger partial charge on any atom is -0.292 e. The number of nitriles is 2. The Morgan fingerprint density at radius 3 is 2.36 bits per heavy atom. The van der Waals surface area contributed by atoms with Crippen molar-refractivity contribution in [3.8, 4) is 23.4 Å². The van der Waals surface area contributed by atoms with Crippen LogP contribution in [0.5, 0.6) is 0 Å². The van der Waals surface area contributed by atoms with Gasteiger partial charge in [-0.25, -0.2) is 4.98 Å². The topological polar surface area (TPSA) is 77.5 Å². The summed E-state index contributed by atoms with van der Waals surface area (Å²) in [5.41, 5.74) is 2.58. The van der Waals surface area contributed by atoms with E-state index in [9.17, 15) is 10.1 Å². The quantitative estimate of drug-likeness (QED) is 0.574. The summed E-state index contributed by atoms with van der Waals surface area (Å²) in [7, 11) is 0. The van der Waals surface area contributed by atoms with E-state index in [2.05, 4.69) is 33.1 Å². The molecule has 1 atom stereocenters. The van der Waals surface area contributed by atoms with Gasteiger partial charge in [-0.2, -0.15) is 10.5 Å². The molecule has 0 aliphatic carbocycles. The lowest BCUT2D eigenvalue weighted by molar-refractivity contribution is 0.0979. The van der Waals surface area contributed by atoms with E-state index in [1.54, 1.807) is 48.5 Å². The molecule has 25 heavy (non-hydrogen) atoms. The second kappa shape index (κ2) is 7.40. The number of rotatable bonds is 4. The molecule has 0 N–H and O–H groups in total. The van der Waals surface area contributed by atoms with E-state index in [-0.39, 0.29) is 5.78 Å². The highest BCUT2D eigenvalue weighted by Gasteiger charge is 2.25. The number of hydrogen-bond donors (Lipinski definition) is 0. The van der Waals surface area contributed by atoms with Crippen LogP contribution in [-0.2, 0) is 0 Å². The maximum Gasteiger partial charge on any atom is 0.186 e. The van der Waals surface area contributed by atoms with Gasteiger partial charge in [0.25, 0.3) is 0 Å². The molecule has 0 radical (unpaired) electrons. The number of carbonyl (C=O) groups is 1. The molecule has 3 rings (SSSR count). The normalized spacial score (nSPS) is 11.3. The molecular weight excluding hydrogens is 398 g/mol. The van der Waals surface area contributed by atoms with E-state index >= 15 is 0 Å². The van der Waals surface area contributed by atoms with Gasteiger partial charge in [-0.15, -0.1) is 11.3 Å². The number of ketones is 1. The number of halogens is 1. The average Bonchev–Trinajstić information content (AvgIpc) is 3.12. The Morgan fingerprint density at radius 2 is 1.76 bits per heavy atom. The van der Waals surface area contributed by atoms with Crippen molar-refractivity contribution < 1.29 is 4.79 Å². The second-order valence-corrected chi connectivity index (χ2v) is 7.00. The van der Waals surface area contributed by atoms with E-state index < -0.39 is 5.92 Å². The second-order valence-electron chi connectivity index (χ2n) is 5.19. The minimum atomic E-state index is -0.932. The number of carbonyl (C=O) groups excluding carboxylic acids is 1. The third-order valence-corrected chi connectivity index (χ3v) is 5.04. The van der Waals surface area contributed by atoms with Crippen LogP contribution in [0.4, 0.5) is 0 Å². The molecule has 6 heteroatoms. The fourth-order valence-corrected chi connectivity index (χ4v) is 3.41. The maximum atomic E-state index is 12.6. The highest BCUT2D eigenvalue weighted by atomic mass is 79.9. The van der Waals surface area contributed by atoms with Gasteiger partial charge in [-0.05, 0) is 24.3 Å². The average molecular weight is 408 g/mol. The Kier molecular flexibility index (Phi) is 5.04. The number of Topliss-reactive ketones (excluding diaryl/α,β-unsaturated/α-hetero) is 1. The molecule has 0 saturated carbocycles. The smallest absolute Gasteiger partial charge is 0.186 e. The van der Waals surface area contributed by atoms with Crippen LogP contribution in [0, 0.1) is 22.7 Å². The monoisotopic (exact) mass is 407 g/mol. The summed E-state index contributed by atoms with van der Waals surface area (Å²) in [5.74, 6) is -1.20. The van der Waals surface area contributed by atoms with Crippen molar-refractivity contribution in [3.05, 3.63) is 74.5 Å². The molecule has 0 amide bonds. The highest BCUT2D eigenvalue weighted by molar-refractivity contribution is 9.10. The van der Waals surface area contributed by atoms with Crippen LogP contribution in [0.3, 0.4) is 0 Å². The van der Waals surface area contributed by atoms with Crippen LogP contribution in [0.2, 0.25) is 0 Å². The Hall–Kier alpha value is -2.80. The highest BCUT2D eigenvalue weighted by Crippen LogP contribution is 2.29. The minimum absolute atomic E-state index is 0.268. The van der Waals surface area contributed by atoms with Gasteiger partial charge in [0.2, 0.25) is 0 Å². The molecular formula is C19H10BrN3OS. The fourth-order valence-electron chi connectivity index (χ4n) is 2.28. The number of nitrogens with zero attached hydrogens (tertiary/aromatic N) is 3. The first kappa shape index (κ1) is 17.0. The Balaban J connectivity index is 1.88. The van der Waals surface area contributed by atoms with Gasteiger partial charge in [0.05, 0.1) is 23.4 Å². The molecule has 2 aromatic carbocycles. The summed E-state index contributed by atoms with van der Waals surface area (Å²) >= 11 is 4.61. The van der Waals surface area contributed by atoms with Crippen molar-refractivity contribution in [1.29, 1.82) is 10.5 Å². The lowest BCUT2D eigenvalue weighted by Gasteiger charge is -2.05. The lowest BCUT2D eigenvalue weighted by Crippen LogP contribution is -2.11. The van der Waals surface area contributed by atoms with E-state index in [4.69, 9.17) is 5.26 Å². The molecule has 1 unspecified atom stereocenters. The summed E-state index contributed by atoms with van der Waals surface area (Å²) in [5, 5.41) is 20.6. The summed E-state index contributed by atoms with van der Waals surface area (Å²) in [4.78, 5) is 17.1. The van der Waals surface area contributed by atoms with E-state index in [0.717, 1.165) is 10.0 Å². The first-order valence-electron chi connectivity index (χ1n) is 7.27. The van der Waals surface area contributed by atoms with E-state index in [1.165, 1.54) is 11.3 Å². The SMILES string of the molecule is N#Cc1ccc(-c2csc(C(C#N)C(=O)c3ccc(Br)cc3)n2)cc1. The number of thiazole rings is 1. The van der Waals surface area contributed by atoms with Crippen molar-refractivity contribution in [3.63, 3.8) is 0 Å². The largest absolute Gasteiger partial charge is 0.292 e. The number of hydrogen-bond acceptors (Lipinski definition) is 5. The first-order chi connectivity index (χ1) is 12.1. The molecule has 0 saturated heterocycles. The Bertz CT molecular complexity index is 995. The fraction of sp³-hybridized carbons (Fsp3) is 0.0526. The Morgan fingerprint density at radius 1 is 1.08 bits per heavy atom. The van der Waals surface area contributed by atoms with Crippen LogP contribution in [0.1, 0.15) is 26.8 Å². The molecule has 0 aliphatic heterocycles. The molecule has 0 spiro atoms. The standard InChI is InChI=1S/C19H10BrN3OS/c20-15-7-5-14(6-8-15)18(24)16(10-22)19-23-17(11-25-19)13-3-1-12(9-21)2-4-13/h1-8,11,16H. The summed E-state index contributed by atoms with van der Waals surface area (Å²) < 4.78 is 0.870. The van der Waals surface area contributed by atoms with Crippen LogP contribution >= 0.6 is 27.3 Å². The summed E-state index contributed by atoms with van der Waals surface area (Å²) in [6.07, 6.45) is 0. The summed E-state index contributed by atoms with van der Waals surface area (Å²) in [6.45, 7) is 0. The van der Waals surface area contributed by atoms with Gasteiger partial charge in [-0.1, -0.05) is 40.2 Å². The van der Waals surface area contributed by atoms with Crippen LogP contribution in [0.15, 0.2) is 58.4 Å². The predicted octanol–water partition coefficient (Wildman–Crippen LogP) is 4.93. The van der Waals surface area contributed by atoms with Crippen LogP contribution in [0.25, 0.3) is 11.3 Å². The molecule has 4 nitrogen and oxygen atoms in total. The van der Waals surface area contributed by atoms with Gasteiger partial charge >= 0.3 is 0 Å². The third-order valence-electron chi connectivity index (χ3n) is 3.60. The van der Waals surface area contributed by atoms with Crippen molar-refractivity contribution >= 4 is 33.0 Å². The van der Waals surface area contributed by atoms with E-state index in [0.29, 0.717) is 21.8 Å². The van der Waals surface area contributed by atoms with Crippen molar-refractivity contribution in [2.45, 2.75) is 5.92 Å². The molecule has 0 bridgehead atoms. The molecule has 0 fully saturated rings. The molecule has 0 aliphatic rings. The van der Waals surface area contributed by atoms with Gasteiger partial charge < -0.3 is 0 Å². The van der Waals surface area contributed by atoms with Crippen molar-refractivity contribution in [2.75, 3.05) is 0 Å². The van der Waals surface area contributed by atoms with Gasteiger partial charge in [0, 0.05) is 21.0 Å². The third kappa shape index (κ3) is 3.66. The molecule has 1 heterocycles. The van der Waals surface area contributed by atoms with Gasteiger partial charge in [0.15, 0.2) is 11.7 Å². The predicted molar refractivity (Wildman–Crippen MR) is 99.1 cm³/mol. The van der Waals surface area contributed by atoms with Crippen molar-refractivity contribution in [1.82, 2.24) is 4.98 Å².